The van der Waals surface area contributed by atoms with Crippen LogP contribution in [0.25, 0.3) is 0 Å². The van der Waals surface area contributed by atoms with Crippen LogP contribution in [0.4, 0.5) is 0 Å². The normalized spacial score (nSPS) is 17.8. The van der Waals surface area contributed by atoms with Crippen molar-refractivity contribution in [3.8, 4) is 0 Å². The van der Waals surface area contributed by atoms with Crippen molar-refractivity contribution < 1.29 is 9.53 Å². The Balaban J connectivity index is 2.25. The van der Waals surface area contributed by atoms with Crippen LogP contribution in [0.15, 0.2) is 24.3 Å². The molecule has 0 bridgehead atoms. The second-order valence-corrected chi connectivity index (χ2v) is 5.38. The molecule has 0 saturated carbocycles. The van der Waals surface area contributed by atoms with E-state index in [1.807, 2.05) is 19.1 Å². The number of carbonyl (C=O) groups excluding carboxylic acids is 1. The summed E-state index contributed by atoms with van der Waals surface area (Å²) >= 11 is 0. The van der Waals surface area contributed by atoms with Crippen molar-refractivity contribution >= 4 is 5.97 Å². The van der Waals surface area contributed by atoms with E-state index in [1.165, 1.54) is 11.1 Å². The molecule has 2 rings (SSSR count). The van der Waals surface area contributed by atoms with Gasteiger partial charge in [0.2, 0.25) is 0 Å². The third kappa shape index (κ3) is 2.81. The maximum Gasteiger partial charge on any atom is 0.327 e. The fraction of sp³-hybridized carbons (Fsp3) is 0.562. The van der Waals surface area contributed by atoms with E-state index in [2.05, 4.69) is 31.3 Å². The summed E-state index contributed by atoms with van der Waals surface area (Å²) in [6.07, 6.45) is 2.45. The molecule has 1 N–H and O–H groups in total. The molecule has 1 aromatic rings. The van der Waals surface area contributed by atoms with Crippen molar-refractivity contribution in [2.75, 3.05) is 6.61 Å². The van der Waals surface area contributed by atoms with Crippen LogP contribution in [0, 0.1) is 0 Å². The van der Waals surface area contributed by atoms with E-state index >= 15 is 0 Å². The molecule has 3 nitrogen and oxygen atoms in total. The minimum atomic E-state index is -0.574. The molecule has 0 aliphatic heterocycles. The highest BCUT2D eigenvalue weighted by Crippen LogP contribution is 2.31. The largest absolute Gasteiger partial charge is 0.465 e. The molecular weight excluding hydrogens is 238 g/mol. The minimum absolute atomic E-state index is 0.119. The number of esters is 1. The number of fused-ring (bicyclic) bond motifs is 1. The predicted molar refractivity (Wildman–Crippen MR) is 76.1 cm³/mol. The second kappa shape index (κ2) is 5.74. The molecule has 0 heterocycles. The van der Waals surface area contributed by atoms with Crippen LogP contribution in [0.5, 0.6) is 0 Å². The van der Waals surface area contributed by atoms with Crippen molar-refractivity contribution in [2.45, 2.75) is 51.6 Å². The lowest BCUT2D eigenvalue weighted by atomic mass is 9.94. The standard InChI is InChI=1S/C16H23NO2/c1-4-12(3)17-16(15(18)19-5-2)10-13-8-6-7-9-14(13)11-16/h6-9,12,17H,4-5,10-11H2,1-3H3. The van der Waals surface area contributed by atoms with Crippen LogP contribution >= 0.6 is 0 Å². The molecule has 0 amide bonds. The molecule has 0 saturated heterocycles. The molecule has 0 aromatic heterocycles. The summed E-state index contributed by atoms with van der Waals surface area (Å²) in [5.74, 6) is -0.119. The van der Waals surface area contributed by atoms with Crippen molar-refractivity contribution in [1.29, 1.82) is 0 Å². The van der Waals surface area contributed by atoms with Crippen LogP contribution in [0.1, 0.15) is 38.3 Å². The van der Waals surface area contributed by atoms with E-state index in [0.717, 1.165) is 19.3 Å². The molecule has 1 aromatic carbocycles. The molecule has 0 radical (unpaired) electrons. The summed E-state index contributed by atoms with van der Waals surface area (Å²) in [6, 6.07) is 8.58. The van der Waals surface area contributed by atoms with Gasteiger partial charge >= 0.3 is 5.97 Å². The van der Waals surface area contributed by atoms with Gasteiger partial charge in [0.25, 0.3) is 0 Å². The Hall–Kier alpha value is -1.35. The van der Waals surface area contributed by atoms with Gasteiger partial charge in [-0.1, -0.05) is 31.2 Å². The van der Waals surface area contributed by atoms with Gasteiger partial charge < -0.3 is 4.74 Å². The fourth-order valence-electron chi connectivity index (χ4n) is 2.76. The smallest absolute Gasteiger partial charge is 0.327 e. The topological polar surface area (TPSA) is 38.3 Å². The summed E-state index contributed by atoms with van der Waals surface area (Å²) in [6.45, 7) is 6.53. The first-order valence-electron chi connectivity index (χ1n) is 7.13. The Labute approximate surface area is 115 Å². The summed E-state index contributed by atoms with van der Waals surface area (Å²) in [5, 5.41) is 3.50. The Bertz CT molecular complexity index is 431. The Kier molecular flexibility index (Phi) is 4.25. The van der Waals surface area contributed by atoms with Crippen molar-refractivity contribution in [2.24, 2.45) is 0 Å². The zero-order valence-electron chi connectivity index (χ0n) is 12.0. The monoisotopic (exact) mass is 261 g/mol. The number of benzene rings is 1. The molecule has 1 aliphatic rings. The van der Waals surface area contributed by atoms with Gasteiger partial charge in [0.15, 0.2) is 0 Å². The maximum atomic E-state index is 12.4. The Morgan fingerprint density at radius 3 is 2.37 bits per heavy atom. The number of ether oxygens (including phenoxy) is 1. The van der Waals surface area contributed by atoms with Gasteiger partial charge in [0, 0.05) is 18.9 Å². The van der Waals surface area contributed by atoms with Crippen molar-refractivity contribution in [1.82, 2.24) is 5.32 Å². The second-order valence-electron chi connectivity index (χ2n) is 5.38. The number of nitrogens with one attached hydrogen (secondary N) is 1. The zero-order valence-corrected chi connectivity index (χ0v) is 12.0. The number of hydrogen-bond donors (Lipinski definition) is 1. The Morgan fingerprint density at radius 2 is 1.89 bits per heavy atom. The minimum Gasteiger partial charge on any atom is -0.465 e. The highest BCUT2D eigenvalue weighted by Gasteiger charge is 2.45. The molecule has 1 atom stereocenters. The van der Waals surface area contributed by atoms with Crippen LogP contribution in [0.2, 0.25) is 0 Å². The SMILES string of the molecule is CCOC(=O)C1(NC(C)CC)Cc2ccccc2C1. The summed E-state index contributed by atoms with van der Waals surface area (Å²) in [4.78, 5) is 12.4. The van der Waals surface area contributed by atoms with Crippen LogP contribution in [-0.2, 0) is 22.4 Å². The molecule has 104 valence electrons. The van der Waals surface area contributed by atoms with Gasteiger partial charge in [-0.3, -0.25) is 10.1 Å². The number of carbonyl (C=O) groups is 1. The lowest BCUT2D eigenvalue weighted by Crippen LogP contribution is -2.56. The maximum absolute atomic E-state index is 12.4. The van der Waals surface area contributed by atoms with Gasteiger partial charge in [0.05, 0.1) is 6.61 Å². The van der Waals surface area contributed by atoms with E-state index in [9.17, 15) is 4.79 Å². The van der Waals surface area contributed by atoms with Crippen LogP contribution in [-0.4, -0.2) is 24.2 Å². The fourth-order valence-corrected chi connectivity index (χ4v) is 2.76. The molecule has 1 aliphatic carbocycles. The molecule has 3 heteroatoms. The van der Waals surface area contributed by atoms with E-state index in [-0.39, 0.29) is 5.97 Å². The summed E-state index contributed by atoms with van der Waals surface area (Å²) < 4.78 is 5.30. The third-order valence-electron chi connectivity index (χ3n) is 3.90. The first kappa shape index (κ1) is 14.1. The van der Waals surface area contributed by atoms with E-state index < -0.39 is 5.54 Å². The van der Waals surface area contributed by atoms with Crippen LogP contribution < -0.4 is 5.32 Å². The molecule has 1 unspecified atom stereocenters. The average Bonchev–Trinajstić information content (AvgIpc) is 2.78. The molecular formula is C16H23NO2. The van der Waals surface area contributed by atoms with E-state index in [1.54, 1.807) is 0 Å². The van der Waals surface area contributed by atoms with Gasteiger partial charge in [-0.25, -0.2) is 0 Å². The quantitative estimate of drug-likeness (QED) is 0.828. The molecule has 0 spiro atoms. The first-order chi connectivity index (χ1) is 9.11. The lowest BCUT2D eigenvalue weighted by Gasteiger charge is -2.31. The third-order valence-corrected chi connectivity index (χ3v) is 3.90. The van der Waals surface area contributed by atoms with Crippen molar-refractivity contribution in [3.63, 3.8) is 0 Å². The van der Waals surface area contributed by atoms with E-state index in [0.29, 0.717) is 12.6 Å². The summed E-state index contributed by atoms with van der Waals surface area (Å²) in [5.41, 5.74) is 1.94. The lowest BCUT2D eigenvalue weighted by molar-refractivity contribution is -0.151. The number of hydrogen-bond acceptors (Lipinski definition) is 3. The zero-order chi connectivity index (χ0) is 13.9. The summed E-state index contributed by atoms with van der Waals surface area (Å²) in [7, 11) is 0. The Morgan fingerprint density at radius 1 is 1.32 bits per heavy atom. The van der Waals surface area contributed by atoms with Crippen LogP contribution in [0.3, 0.4) is 0 Å². The first-order valence-corrected chi connectivity index (χ1v) is 7.13. The molecule has 19 heavy (non-hydrogen) atoms. The molecule has 0 fully saturated rings. The van der Waals surface area contributed by atoms with E-state index in [4.69, 9.17) is 4.74 Å². The van der Waals surface area contributed by atoms with Gasteiger partial charge in [-0.15, -0.1) is 0 Å². The highest BCUT2D eigenvalue weighted by atomic mass is 16.5. The average molecular weight is 261 g/mol. The van der Waals surface area contributed by atoms with Gasteiger partial charge in [0.1, 0.15) is 5.54 Å². The van der Waals surface area contributed by atoms with Gasteiger partial charge in [-0.05, 0) is 31.4 Å². The highest BCUT2D eigenvalue weighted by molar-refractivity contribution is 5.83. The number of rotatable bonds is 5. The van der Waals surface area contributed by atoms with Gasteiger partial charge in [-0.2, -0.15) is 0 Å². The van der Waals surface area contributed by atoms with Crippen molar-refractivity contribution in [3.05, 3.63) is 35.4 Å². The predicted octanol–water partition coefficient (Wildman–Crippen LogP) is 2.48.